The van der Waals surface area contributed by atoms with Gasteiger partial charge in [0.05, 0.1) is 0 Å². The van der Waals surface area contributed by atoms with Crippen LogP contribution >= 0.6 is 15.9 Å². The van der Waals surface area contributed by atoms with Gasteiger partial charge in [-0.05, 0) is 44.0 Å². The minimum Gasteiger partial charge on any atom is -0.322 e. The standard InChI is InChI=1S/C10H13BrFN/c1-6-8(10(2,3)13)4-7(12)5-9(6)11/h4-5H,13H2,1-3H3. The number of hydrogen-bond acceptors (Lipinski definition) is 1. The normalized spacial score (nSPS) is 11.8. The van der Waals surface area contributed by atoms with E-state index in [1.54, 1.807) is 0 Å². The third-order valence-electron chi connectivity index (χ3n) is 2.00. The number of halogens is 2. The lowest BCUT2D eigenvalue weighted by Crippen LogP contribution is -2.29. The summed E-state index contributed by atoms with van der Waals surface area (Å²) >= 11 is 3.29. The Morgan fingerprint density at radius 1 is 1.38 bits per heavy atom. The molecular formula is C10H13BrFN. The van der Waals surface area contributed by atoms with Crippen LogP contribution in [0.4, 0.5) is 4.39 Å². The molecule has 13 heavy (non-hydrogen) atoms. The van der Waals surface area contributed by atoms with Gasteiger partial charge >= 0.3 is 0 Å². The van der Waals surface area contributed by atoms with Gasteiger partial charge in [0.25, 0.3) is 0 Å². The van der Waals surface area contributed by atoms with E-state index in [1.165, 1.54) is 12.1 Å². The maximum Gasteiger partial charge on any atom is 0.124 e. The molecule has 0 saturated carbocycles. The quantitative estimate of drug-likeness (QED) is 0.809. The van der Waals surface area contributed by atoms with Gasteiger partial charge in [0.2, 0.25) is 0 Å². The van der Waals surface area contributed by atoms with Crippen molar-refractivity contribution in [3.63, 3.8) is 0 Å². The number of rotatable bonds is 1. The molecule has 0 aromatic heterocycles. The molecule has 0 atom stereocenters. The second kappa shape index (κ2) is 3.39. The molecule has 1 aromatic carbocycles. The van der Waals surface area contributed by atoms with E-state index < -0.39 is 5.54 Å². The zero-order chi connectivity index (χ0) is 10.2. The van der Waals surface area contributed by atoms with Gasteiger partial charge in [0.1, 0.15) is 5.82 Å². The smallest absolute Gasteiger partial charge is 0.124 e. The SMILES string of the molecule is Cc1c(Br)cc(F)cc1C(C)(C)N. The first kappa shape index (κ1) is 10.7. The Morgan fingerprint density at radius 3 is 2.38 bits per heavy atom. The van der Waals surface area contributed by atoms with Crippen LogP contribution < -0.4 is 5.73 Å². The van der Waals surface area contributed by atoms with Gasteiger partial charge in [-0.25, -0.2) is 4.39 Å². The highest BCUT2D eigenvalue weighted by Gasteiger charge is 2.18. The molecule has 0 saturated heterocycles. The first-order valence-electron chi connectivity index (χ1n) is 4.07. The van der Waals surface area contributed by atoms with Gasteiger partial charge in [0, 0.05) is 10.0 Å². The number of hydrogen-bond donors (Lipinski definition) is 1. The number of benzene rings is 1. The predicted octanol–water partition coefficient (Wildman–Crippen LogP) is 3.09. The highest BCUT2D eigenvalue weighted by atomic mass is 79.9. The molecule has 0 unspecified atom stereocenters. The average molecular weight is 246 g/mol. The molecule has 1 nitrogen and oxygen atoms in total. The van der Waals surface area contributed by atoms with E-state index in [4.69, 9.17) is 5.73 Å². The molecule has 0 spiro atoms. The third-order valence-corrected chi connectivity index (χ3v) is 2.83. The van der Waals surface area contributed by atoms with Crippen LogP contribution in [0, 0.1) is 12.7 Å². The molecule has 2 N–H and O–H groups in total. The van der Waals surface area contributed by atoms with Gasteiger partial charge in [-0.15, -0.1) is 0 Å². The van der Waals surface area contributed by atoms with Gasteiger partial charge in [-0.1, -0.05) is 15.9 Å². The maximum atomic E-state index is 13.1. The average Bonchev–Trinajstić information content (AvgIpc) is 1.94. The van der Waals surface area contributed by atoms with Crippen LogP contribution in [0.3, 0.4) is 0 Å². The van der Waals surface area contributed by atoms with E-state index in [0.29, 0.717) is 0 Å². The van der Waals surface area contributed by atoms with E-state index in [-0.39, 0.29) is 5.82 Å². The minimum absolute atomic E-state index is 0.258. The fraction of sp³-hybridized carbons (Fsp3) is 0.400. The van der Waals surface area contributed by atoms with Crippen molar-refractivity contribution in [2.75, 3.05) is 0 Å². The molecule has 1 aromatic rings. The summed E-state index contributed by atoms with van der Waals surface area (Å²) in [5, 5.41) is 0. The zero-order valence-electron chi connectivity index (χ0n) is 7.99. The molecule has 0 aliphatic carbocycles. The van der Waals surface area contributed by atoms with Crippen LogP contribution in [-0.4, -0.2) is 0 Å². The van der Waals surface area contributed by atoms with Crippen molar-refractivity contribution in [1.82, 2.24) is 0 Å². The van der Waals surface area contributed by atoms with E-state index in [0.717, 1.165) is 15.6 Å². The van der Waals surface area contributed by atoms with Crippen molar-refractivity contribution in [2.45, 2.75) is 26.3 Å². The number of nitrogens with two attached hydrogens (primary N) is 1. The highest BCUT2D eigenvalue weighted by Crippen LogP contribution is 2.27. The van der Waals surface area contributed by atoms with Crippen LogP contribution in [0.2, 0.25) is 0 Å². The van der Waals surface area contributed by atoms with E-state index in [9.17, 15) is 4.39 Å². The Hall–Kier alpha value is -0.410. The fourth-order valence-electron chi connectivity index (χ4n) is 1.32. The summed E-state index contributed by atoms with van der Waals surface area (Å²) in [5.74, 6) is -0.258. The van der Waals surface area contributed by atoms with Crippen LogP contribution in [0.5, 0.6) is 0 Å². The monoisotopic (exact) mass is 245 g/mol. The summed E-state index contributed by atoms with van der Waals surface area (Å²) in [4.78, 5) is 0. The van der Waals surface area contributed by atoms with Crippen LogP contribution in [0.25, 0.3) is 0 Å². The first-order chi connectivity index (χ1) is 5.82. The minimum atomic E-state index is -0.505. The lowest BCUT2D eigenvalue weighted by Gasteiger charge is -2.22. The second-order valence-electron chi connectivity index (χ2n) is 3.78. The second-order valence-corrected chi connectivity index (χ2v) is 4.64. The molecule has 0 aliphatic rings. The molecule has 0 fully saturated rings. The van der Waals surface area contributed by atoms with Crippen molar-refractivity contribution >= 4 is 15.9 Å². The molecule has 0 heterocycles. The molecular weight excluding hydrogens is 233 g/mol. The topological polar surface area (TPSA) is 26.0 Å². The van der Waals surface area contributed by atoms with Gasteiger partial charge in [0.15, 0.2) is 0 Å². The van der Waals surface area contributed by atoms with E-state index in [1.807, 2.05) is 20.8 Å². The van der Waals surface area contributed by atoms with Crippen molar-refractivity contribution < 1.29 is 4.39 Å². The predicted molar refractivity (Wildman–Crippen MR) is 56.1 cm³/mol. The Balaban J connectivity index is 3.37. The van der Waals surface area contributed by atoms with Crippen LogP contribution in [0.15, 0.2) is 16.6 Å². The van der Waals surface area contributed by atoms with Crippen LogP contribution in [-0.2, 0) is 5.54 Å². The Labute approximate surface area is 86.3 Å². The van der Waals surface area contributed by atoms with Gasteiger partial charge < -0.3 is 5.73 Å². The lowest BCUT2D eigenvalue weighted by atomic mass is 9.91. The summed E-state index contributed by atoms with van der Waals surface area (Å²) in [7, 11) is 0. The van der Waals surface area contributed by atoms with Gasteiger partial charge in [-0.3, -0.25) is 0 Å². The van der Waals surface area contributed by atoms with Gasteiger partial charge in [-0.2, -0.15) is 0 Å². The molecule has 0 radical (unpaired) electrons. The summed E-state index contributed by atoms with van der Waals surface area (Å²) in [6.07, 6.45) is 0. The summed E-state index contributed by atoms with van der Waals surface area (Å²) < 4.78 is 13.8. The highest BCUT2D eigenvalue weighted by molar-refractivity contribution is 9.10. The molecule has 1 rings (SSSR count). The molecule has 3 heteroatoms. The van der Waals surface area contributed by atoms with E-state index in [2.05, 4.69) is 15.9 Å². The largest absolute Gasteiger partial charge is 0.322 e. The van der Waals surface area contributed by atoms with E-state index >= 15 is 0 Å². The summed E-state index contributed by atoms with van der Waals surface area (Å²) in [6, 6.07) is 2.94. The van der Waals surface area contributed by atoms with Crippen molar-refractivity contribution in [1.29, 1.82) is 0 Å². The molecule has 0 bridgehead atoms. The Kier molecular flexibility index (Phi) is 2.78. The Bertz CT molecular complexity index is 328. The molecule has 72 valence electrons. The van der Waals surface area contributed by atoms with Crippen molar-refractivity contribution in [3.8, 4) is 0 Å². The third kappa shape index (κ3) is 2.29. The van der Waals surface area contributed by atoms with Crippen molar-refractivity contribution in [3.05, 3.63) is 33.5 Å². The summed E-state index contributed by atoms with van der Waals surface area (Å²) in [6.45, 7) is 5.65. The Morgan fingerprint density at radius 2 is 1.92 bits per heavy atom. The fourth-order valence-corrected chi connectivity index (χ4v) is 1.75. The zero-order valence-corrected chi connectivity index (χ0v) is 9.57. The summed E-state index contributed by atoms with van der Waals surface area (Å²) in [5.41, 5.74) is 7.23. The first-order valence-corrected chi connectivity index (χ1v) is 4.86. The van der Waals surface area contributed by atoms with Crippen molar-refractivity contribution in [2.24, 2.45) is 5.73 Å². The maximum absolute atomic E-state index is 13.1. The molecule has 0 amide bonds. The van der Waals surface area contributed by atoms with Crippen LogP contribution in [0.1, 0.15) is 25.0 Å². The lowest BCUT2D eigenvalue weighted by molar-refractivity contribution is 0.539. The molecule has 0 aliphatic heterocycles.